The summed E-state index contributed by atoms with van der Waals surface area (Å²) in [7, 11) is 0. The first-order valence-electron chi connectivity index (χ1n) is 9.30. The number of hydrogen-bond acceptors (Lipinski definition) is 5. The van der Waals surface area contributed by atoms with Gasteiger partial charge in [-0.2, -0.15) is 0 Å². The fraction of sp³-hybridized carbons (Fsp3) is 0.889. The maximum absolute atomic E-state index is 12.4. The molecule has 6 nitrogen and oxygen atoms in total. The Bertz CT molecular complexity index is 433. The van der Waals surface area contributed by atoms with E-state index in [2.05, 4.69) is 12.2 Å². The van der Waals surface area contributed by atoms with Crippen LogP contribution >= 0.6 is 0 Å². The van der Waals surface area contributed by atoms with Crippen LogP contribution in [0, 0.1) is 0 Å². The highest BCUT2D eigenvalue weighted by molar-refractivity contribution is 5.89. The van der Waals surface area contributed by atoms with Crippen LogP contribution in [0.25, 0.3) is 0 Å². The first-order chi connectivity index (χ1) is 11.6. The molecule has 2 rings (SSSR count). The summed E-state index contributed by atoms with van der Waals surface area (Å²) in [6.07, 6.45) is 9.17. The molecule has 0 unspecified atom stereocenters. The Balaban J connectivity index is 1.97. The number of unbranched alkanes of at least 4 members (excludes halogenated alkanes) is 6. The molecule has 2 saturated heterocycles. The molecule has 2 fully saturated rings. The molecule has 0 saturated carbocycles. The SMILES string of the molecule is CCCCCCCCCC1([C@@]2(NC(C)=O)CCOC2=O)OCCO1. The van der Waals surface area contributed by atoms with E-state index in [0.29, 0.717) is 26.1 Å². The van der Waals surface area contributed by atoms with Gasteiger partial charge in [0.2, 0.25) is 11.7 Å². The van der Waals surface area contributed by atoms with Crippen molar-refractivity contribution in [3.05, 3.63) is 0 Å². The van der Waals surface area contributed by atoms with E-state index in [1.807, 2.05) is 0 Å². The van der Waals surface area contributed by atoms with Gasteiger partial charge in [0, 0.05) is 19.8 Å². The molecule has 138 valence electrons. The normalized spacial score (nSPS) is 25.7. The van der Waals surface area contributed by atoms with Crippen LogP contribution in [0.1, 0.15) is 71.6 Å². The van der Waals surface area contributed by atoms with Crippen LogP contribution in [0.2, 0.25) is 0 Å². The highest BCUT2D eigenvalue weighted by atomic mass is 16.7. The molecule has 1 atom stereocenters. The van der Waals surface area contributed by atoms with Crippen LogP contribution < -0.4 is 5.32 Å². The van der Waals surface area contributed by atoms with Crippen molar-refractivity contribution in [2.45, 2.75) is 83.0 Å². The summed E-state index contributed by atoms with van der Waals surface area (Å²) in [5, 5.41) is 2.79. The Labute approximate surface area is 144 Å². The molecular formula is C18H31NO5. The van der Waals surface area contributed by atoms with Crippen molar-refractivity contribution in [2.75, 3.05) is 19.8 Å². The van der Waals surface area contributed by atoms with Crippen molar-refractivity contribution in [1.29, 1.82) is 0 Å². The average molecular weight is 341 g/mol. The Morgan fingerprint density at radius 1 is 1.04 bits per heavy atom. The molecule has 0 spiro atoms. The molecule has 1 N–H and O–H groups in total. The molecule has 2 aliphatic heterocycles. The molecule has 0 aliphatic carbocycles. The number of nitrogens with one attached hydrogen (secondary N) is 1. The average Bonchev–Trinajstić information content (AvgIpc) is 3.15. The molecule has 0 aromatic heterocycles. The number of carbonyl (C=O) groups excluding carboxylic acids is 2. The van der Waals surface area contributed by atoms with E-state index in [1.54, 1.807) is 0 Å². The molecule has 2 aliphatic rings. The minimum Gasteiger partial charge on any atom is -0.464 e. The van der Waals surface area contributed by atoms with Crippen LogP contribution in [-0.2, 0) is 23.8 Å². The second kappa shape index (κ2) is 8.81. The smallest absolute Gasteiger partial charge is 0.337 e. The number of hydrogen-bond donors (Lipinski definition) is 1. The van der Waals surface area contributed by atoms with Crippen molar-refractivity contribution >= 4 is 11.9 Å². The summed E-state index contributed by atoms with van der Waals surface area (Å²) in [6, 6.07) is 0. The summed E-state index contributed by atoms with van der Waals surface area (Å²) in [4.78, 5) is 24.1. The second-order valence-corrected chi connectivity index (χ2v) is 6.79. The second-order valence-electron chi connectivity index (χ2n) is 6.79. The first-order valence-corrected chi connectivity index (χ1v) is 9.30. The number of carbonyl (C=O) groups is 2. The number of amides is 1. The van der Waals surface area contributed by atoms with Crippen molar-refractivity contribution in [3.8, 4) is 0 Å². The summed E-state index contributed by atoms with van der Waals surface area (Å²) in [5.41, 5.74) is -1.21. The zero-order valence-corrected chi connectivity index (χ0v) is 15.0. The van der Waals surface area contributed by atoms with Gasteiger partial charge in [0.25, 0.3) is 0 Å². The van der Waals surface area contributed by atoms with Crippen molar-refractivity contribution in [3.63, 3.8) is 0 Å². The summed E-state index contributed by atoms with van der Waals surface area (Å²) in [6.45, 7) is 4.77. The lowest BCUT2D eigenvalue weighted by Gasteiger charge is -2.41. The van der Waals surface area contributed by atoms with Crippen LogP contribution in [0.15, 0.2) is 0 Å². The maximum atomic E-state index is 12.4. The molecule has 0 aromatic carbocycles. The Kier molecular flexibility index (Phi) is 7.04. The lowest BCUT2D eigenvalue weighted by atomic mass is 9.83. The van der Waals surface area contributed by atoms with Gasteiger partial charge in [-0.3, -0.25) is 4.79 Å². The molecule has 0 radical (unpaired) electrons. The van der Waals surface area contributed by atoms with Gasteiger partial charge in [-0.25, -0.2) is 4.79 Å². The minimum absolute atomic E-state index is 0.271. The third-order valence-electron chi connectivity index (χ3n) is 4.96. The lowest BCUT2D eigenvalue weighted by Crippen LogP contribution is -2.67. The van der Waals surface area contributed by atoms with E-state index < -0.39 is 17.3 Å². The fourth-order valence-electron chi connectivity index (χ4n) is 3.75. The highest BCUT2D eigenvalue weighted by Gasteiger charge is 2.64. The number of esters is 1. The third-order valence-corrected chi connectivity index (χ3v) is 4.96. The monoisotopic (exact) mass is 341 g/mol. The van der Waals surface area contributed by atoms with Gasteiger partial charge in [0.05, 0.1) is 19.8 Å². The van der Waals surface area contributed by atoms with Crippen molar-refractivity contribution < 1.29 is 23.8 Å². The third kappa shape index (κ3) is 4.09. The van der Waals surface area contributed by atoms with Crippen LogP contribution in [-0.4, -0.2) is 43.0 Å². The molecule has 0 bridgehead atoms. The largest absolute Gasteiger partial charge is 0.464 e. The van der Waals surface area contributed by atoms with E-state index in [9.17, 15) is 9.59 Å². The van der Waals surface area contributed by atoms with Gasteiger partial charge in [-0.05, 0) is 6.42 Å². The number of rotatable bonds is 10. The Morgan fingerprint density at radius 3 is 2.21 bits per heavy atom. The standard InChI is InChI=1S/C18H31NO5/c1-3-4-5-6-7-8-9-10-18(23-13-14-24-18)17(19-15(2)20)11-12-22-16(17)21/h3-14H2,1-2H3,(H,19,20)/t17-/m1/s1. The molecular weight excluding hydrogens is 310 g/mol. The molecule has 24 heavy (non-hydrogen) atoms. The summed E-state index contributed by atoms with van der Waals surface area (Å²) < 4.78 is 17.0. The summed E-state index contributed by atoms with van der Waals surface area (Å²) >= 11 is 0. The highest BCUT2D eigenvalue weighted by Crippen LogP contribution is 2.42. The van der Waals surface area contributed by atoms with E-state index in [-0.39, 0.29) is 12.5 Å². The molecule has 6 heteroatoms. The van der Waals surface area contributed by atoms with E-state index in [1.165, 1.54) is 39.0 Å². The van der Waals surface area contributed by atoms with E-state index in [4.69, 9.17) is 14.2 Å². The van der Waals surface area contributed by atoms with Gasteiger partial charge >= 0.3 is 5.97 Å². The maximum Gasteiger partial charge on any atom is 0.337 e. The Hall–Kier alpha value is -1.14. The van der Waals surface area contributed by atoms with Gasteiger partial charge in [0.15, 0.2) is 5.54 Å². The first kappa shape index (κ1) is 19.2. The summed E-state index contributed by atoms with van der Waals surface area (Å²) in [5.74, 6) is -1.80. The van der Waals surface area contributed by atoms with E-state index in [0.717, 1.165) is 12.8 Å². The molecule has 0 aromatic rings. The van der Waals surface area contributed by atoms with Crippen LogP contribution in [0.4, 0.5) is 0 Å². The van der Waals surface area contributed by atoms with Gasteiger partial charge < -0.3 is 19.5 Å². The quantitative estimate of drug-likeness (QED) is 0.488. The Morgan fingerprint density at radius 2 is 1.67 bits per heavy atom. The number of ether oxygens (including phenoxy) is 3. The molecule has 1 amide bonds. The lowest BCUT2D eigenvalue weighted by molar-refractivity contribution is -0.219. The van der Waals surface area contributed by atoms with Gasteiger partial charge in [-0.1, -0.05) is 45.4 Å². The van der Waals surface area contributed by atoms with Gasteiger partial charge in [-0.15, -0.1) is 0 Å². The minimum atomic E-state index is -1.21. The van der Waals surface area contributed by atoms with Crippen LogP contribution in [0.5, 0.6) is 0 Å². The van der Waals surface area contributed by atoms with Crippen molar-refractivity contribution in [2.24, 2.45) is 0 Å². The topological polar surface area (TPSA) is 73.9 Å². The number of cyclic esters (lactones) is 1. The zero-order chi connectivity index (χ0) is 17.5. The molecule has 2 heterocycles. The van der Waals surface area contributed by atoms with Crippen molar-refractivity contribution in [1.82, 2.24) is 5.32 Å². The van der Waals surface area contributed by atoms with Gasteiger partial charge in [0.1, 0.15) is 0 Å². The predicted octanol–water partition coefficient (Wildman–Crippen LogP) is 2.69. The fourth-order valence-corrected chi connectivity index (χ4v) is 3.75. The predicted molar refractivity (Wildman–Crippen MR) is 89.4 cm³/mol. The zero-order valence-electron chi connectivity index (χ0n) is 15.0. The van der Waals surface area contributed by atoms with Crippen LogP contribution in [0.3, 0.4) is 0 Å². The van der Waals surface area contributed by atoms with E-state index >= 15 is 0 Å².